The predicted molar refractivity (Wildman–Crippen MR) is 79.2 cm³/mol. The highest BCUT2D eigenvalue weighted by molar-refractivity contribution is 6.18. The Morgan fingerprint density at radius 3 is 2.20 bits per heavy atom. The van der Waals surface area contributed by atoms with Gasteiger partial charge in [0.1, 0.15) is 12.4 Å². The van der Waals surface area contributed by atoms with Gasteiger partial charge in [-0.2, -0.15) is 0 Å². The van der Waals surface area contributed by atoms with Gasteiger partial charge in [0.25, 0.3) is 0 Å². The predicted octanol–water partition coefficient (Wildman–Crippen LogP) is 1.79. The topological polar surface area (TPSA) is 70.0 Å². The Morgan fingerprint density at radius 1 is 1.20 bits per heavy atom. The lowest BCUT2D eigenvalue weighted by Crippen LogP contribution is -2.27. The number of rotatable bonds is 9. The summed E-state index contributed by atoms with van der Waals surface area (Å²) in [5, 5.41) is 17.6. The second-order valence-electron chi connectivity index (χ2n) is 4.02. The number of alkyl halides is 2. The van der Waals surface area contributed by atoms with E-state index in [9.17, 15) is 4.79 Å². The van der Waals surface area contributed by atoms with E-state index in [-0.39, 0.29) is 6.61 Å². The molecule has 112 valence electrons. The molecule has 0 unspecified atom stereocenters. The first-order valence-corrected chi connectivity index (χ1v) is 7.16. The molecule has 5 nitrogen and oxygen atoms in total. The fourth-order valence-corrected chi connectivity index (χ4v) is 1.98. The average Bonchev–Trinajstić information content (AvgIpc) is 2.45. The molecule has 1 rings (SSSR count). The van der Waals surface area contributed by atoms with Gasteiger partial charge >= 0.3 is 5.97 Å². The largest absolute Gasteiger partial charge is 0.490 e. The van der Waals surface area contributed by atoms with E-state index in [1.807, 2.05) is 17.0 Å². The van der Waals surface area contributed by atoms with E-state index in [0.717, 1.165) is 5.69 Å². The lowest BCUT2D eigenvalue weighted by molar-refractivity contribution is -0.148. The highest BCUT2D eigenvalue weighted by Crippen LogP contribution is 2.19. The Hall–Kier alpha value is -1.17. The number of aliphatic hydroxyl groups excluding tert-OH is 1. The van der Waals surface area contributed by atoms with Crippen LogP contribution in [0.1, 0.15) is 0 Å². The molecule has 0 amide bonds. The van der Waals surface area contributed by atoms with Crippen molar-refractivity contribution in [3.8, 4) is 5.75 Å². The number of carboxylic acid groups (broad SMARTS) is 1. The maximum Gasteiger partial charge on any atom is 0.336 e. The second kappa shape index (κ2) is 8.89. The fourth-order valence-electron chi connectivity index (χ4n) is 1.57. The van der Waals surface area contributed by atoms with E-state index in [4.69, 9.17) is 38.2 Å². The Kier molecular flexibility index (Phi) is 7.51. The number of benzene rings is 1. The third-order valence-electron chi connectivity index (χ3n) is 2.60. The first kappa shape index (κ1) is 16.9. The number of aliphatic hydroxyl groups is 1. The summed E-state index contributed by atoms with van der Waals surface area (Å²) >= 11 is 11.5. The van der Waals surface area contributed by atoms with Gasteiger partial charge in [0.05, 0.1) is 0 Å². The highest BCUT2D eigenvalue weighted by atomic mass is 35.5. The van der Waals surface area contributed by atoms with Crippen molar-refractivity contribution in [1.82, 2.24) is 0 Å². The third-order valence-corrected chi connectivity index (χ3v) is 2.94. The normalized spacial score (nSPS) is 11.9. The van der Waals surface area contributed by atoms with Crippen LogP contribution in [0.2, 0.25) is 0 Å². The summed E-state index contributed by atoms with van der Waals surface area (Å²) in [6.45, 7) is 1.08. The van der Waals surface area contributed by atoms with Crippen molar-refractivity contribution in [2.45, 2.75) is 6.10 Å². The molecule has 1 aromatic carbocycles. The van der Waals surface area contributed by atoms with Gasteiger partial charge in [-0.3, -0.25) is 0 Å². The number of ether oxygens (including phenoxy) is 1. The number of anilines is 1. The standard InChI is InChI=1S/C13H17Cl2NO4/c14-5-7-16(8-6-15)10-1-3-11(4-2-10)20-9-12(17)13(18)19/h1-4,12,17H,5-9H2,(H,18,19)/t12-/m0/s1. The molecule has 2 N–H and O–H groups in total. The van der Waals surface area contributed by atoms with Crippen LogP contribution in [0.4, 0.5) is 5.69 Å². The summed E-state index contributed by atoms with van der Waals surface area (Å²) in [5.74, 6) is 0.183. The quantitative estimate of drug-likeness (QED) is 0.679. The Bertz CT molecular complexity index is 407. The summed E-state index contributed by atoms with van der Waals surface area (Å²) in [6.07, 6.45) is -1.53. The lowest BCUT2D eigenvalue weighted by Gasteiger charge is -2.23. The van der Waals surface area contributed by atoms with Gasteiger partial charge < -0.3 is 19.8 Å². The lowest BCUT2D eigenvalue weighted by atomic mass is 10.2. The van der Waals surface area contributed by atoms with E-state index in [0.29, 0.717) is 30.6 Å². The number of hydrogen-bond acceptors (Lipinski definition) is 4. The molecule has 0 spiro atoms. The molecule has 0 aliphatic carbocycles. The van der Waals surface area contributed by atoms with Crippen molar-refractivity contribution in [1.29, 1.82) is 0 Å². The van der Waals surface area contributed by atoms with Crippen LogP contribution in [0, 0.1) is 0 Å². The van der Waals surface area contributed by atoms with E-state index in [1.165, 1.54) is 0 Å². The van der Waals surface area contributed by atoms with Crippen LogP contribution >= 0.6 is 23.2 Å². The Labute approximate surface area is 127 Å². The fraction of sp³-hybridized carbons (Fsp3) is 0.462. The number of hydrogen-bond donors (Lipinski definition) is 2. The van der Waals surface area contributed by atoms with Crippen LogP contribution in [0.5, 0.6) is 5.75 Å². The monoisotopic (exact) mass is 321 g/mol. The molecule has 0 fully saturated rings. The smallest absolute Gasteiger partial charge is 0.336 e. The zero-order chi connectivity index (χ0) is 15.0. The van der Waals surface area contributed by atoms with Crippen LogP contribution in [0.25, 0.3) is 0 Å². The van der Waals surface area contributed by atoms with Crippen LogP contribution in [-0.2, 0) is 4.79 Å². The number of aliphatic carboxylic acids is 1. The zero-order valence-corrected chi connectivity index (χ0v) is 12.3. The first-order chi connectivity index (χ1) is 9.58. The van der Waals surface area contributed by atoms with Crippen molar-refractivity contribution in [2.75, 3.05) is 36.4 Å². The molecular weight excluding hydrogens is 305 g/mol. The summed E-state index contributed by atoms with van der Waals surface area (Å²) in [4.78, 5) is 12.5. The number of carbonyl (C=O) groups is 1. The highest BCUT2D eigenvalue weighted by Gasteiger charge is 2.13. The van der Waals surface area contributed by atoms with E-state index in [1.54, 1.807) is 12.1 Å². The second-order valence-corrected chi connectivity index (χ2v) is 4.78. The SMILES string of the molecule is O=C(O)[C@@H](O)COc1ccc(N(CCCl)CCCl)cc1. The molecule has 0 saturated carbocycles. The minimum absolute atomic E-state index is 0.290. The van der Waals surface area contributed by atoms with Gasteiger partial charge in [-0.15, -0.1) is 23.2 Å². The minimum atomic E-state index is -1.53. The molecule has 1 atom stereocenters. The van der Waals surface area contributed by atoms with Gasteiger partial charge in [0.15, 0.2) is 6.10 Å². The summed E-state index contributed by atoms with van der Waals surface area (Å²) in [6, 6.07) is 7.09. The van der Waals surface area contributed by atoms with Crippen LogP contribution in [0.15, 0.2) is 24.3 Å². The summed E-state index contributed by atoms with van der Waals surface area (Å²) in [7, 11) is 0. The van der Waals surface area contributed by atoms with Gasteiger partial charge in [0.2, 0.25) is 0 Å². The molecule has 0 radical (unpaired) electrons. The third kappa shape index (κ3) is 5.45. The molecule has 0 saturated heterocycles. The Morgan fingerprint density at radius 2 is 1.75 bits per heavy atom. The van der Waals surface area contributed by atoms with Crippen molar-refractivity contribution in [3.63, 3.8) is 0 Å². The number of carboxylic acids is 1. The maximum atomic E-state index is 10.4. The molecule has 0 aromatic heterocycles. The van der Waals surface area contributed by atoms with Gasteiger partial charge in [-0.05, 0) is 24.3 Å². The number of halogens is 2. The van der Waals surface area contributed by atoms with Crippen LogP contribution in [-0.4, -0.2) is 53.7 Å². The minimum Gasteiger partial charge on any atom is -0.490 e. The molecule has 0 heterocycles. The van der Waals surface area contributed by atoms with E-state index < -0.39 is 12.1 Å². The molecular formula is C13H17Cl2NO4. The Balaban J connectivity index is 2.60. The van der Waals surface area contributed by atoms with Crippen LogP contribution in [0.3, 0.4) is 0 Å². The number of nitrogens with zero attached hydrogens (tertiary/aromatic N) is 1. The molecule has 20 heavy (non-hydrogen) atoms. The average molecular weight is 322 g/mol. The first-order valence-electron chi connectivity index (χ1n) is 6.09. The van der Waals surface area contributed by atoms with Crippen molar-refractivity contribution in [2.24, 2.45) is 0 Å². The molecule has 0 aliphatic heterocycles. The zero-order valence-electron chi connectivity index (χ0n) is 10.8. The van der Waals surface area contributed by atoms with Gasteiger partial charge in [0, 0.05) is 30.5 Å². The summed E-state index contributed by atoms with van der Waals surface area (Å²) < 4.78 is 5.18. The van der Waals surface area contributed by atoms with Crippen molar-refractivity contribution < 1.29 is 19.7 Å². The molecule has 7 heteroatoms. The van der Waals surface area contributed by atoms with Gasteiger partial charge in [-0.25, -0.2) is 4.79 Å². The molecule has 0 aliphatic rings. The summed E-state index contributed by atoms with van der Waals surface area (Å²) in [5.41, 5.74) is 0.956. The van der Waals surface area contributed by atoms with E-state index in [2.05, 4.69) is 0 Å². The van der Waals surface area contributed by atoms with E-state index >= 15 is 0 Å². The van der Waals surface area contributed by atoms with Crippen LogP contribution < -0.4 is 9.64 Å². The van der Waals surface area contributed by atoms with Crippen molar-refractivity contribution in [3.05, 3.63) is 24.3 Å². The maximum absolute atomic E-state index is 10.4. The van der Waals surface area contributed by atoms with Gasteiger partial charge in [-0.1, -0.05) is 0 Å². The molecule has 1 aromatic rings. The van der Waals surface area contributed by atoms with Crippen molar-refractivity contribution >= 4 is 34.9 Å². The molecule has 0 bridgehead atoms.